The Kier molecular flexibility index (Phi) is 11.6. The molecule has 4 heteroatoms. The van der Waals surface area contributed by atoms with E-state index < -0.39 is 11.6 Å². The van der Waals surface area contributed by atoms with E-state index in [-0.39, 0.29) is 17.1 Å². The van der Waals surface area contributed by atoms with E-state index in [1.54, 1.807) is 18.2 Å². The zero-order valence-corrected chi connectivity index (χ0v) is 26.7. The van der Waals surface area contributed by atoms with Gasteiger partial charge in [0.25, 0.3) is 0 Å². The molecule has 0 N–H and O–H groups in total. The van der Waals surface area contributed by atoms with Crippen LogP contribution >= 0.6 is 0 Å². The first-order valence-corrected chi connectivity index (χ1v) is 17.2. The highest BCUT2D eigenvalue weighted by molar-refractivity contribution is 5.74. The topological polar surface area (TPSA) is 9.23 Å². The first-order chi connectivity index (χ1) is 21.5. The highest BCUT2D eigenvalue weighted by Crippen LogP contribution is 2.43. The second kappa shape index (κ2) is 15.8. The van der Waals surface area contributed by atoms with Gasteiger partial charge in [0.1, 0.15) is 5.82 Å². The van der Waals surface area contributed by atoms with Gasteiger partial charge in [-0.15, -0.1) is 0 Å². The molecule has 0 aromatic heterocycles. The highest BCUT2D eigenvalue weighted by Gasteiger charge is 2.29. The molecule has 0 radical (unpaired) electrons. The maximum absolute atomic E-state index is 15.4. The summed E-state index contributed by atoms with van der Waals surface area (Å²) in [5, 5.41) is 0. The zero-order valence-electron chi connectivity index (χ0n) is 26.7. The molecule has 0 spiro atoms. The van der Waals surface area contributed by atoms with Crippen molar-refractivity contribution in [1.29, 1.82) is 0 Å². The second-order valence-electron chi connectivity index (χ2n) is 13.1. The van der Waals surface area contributed by atoms with E-state index in [2.05, 4.69) is 13.0 Å². The highest BCUT2D eigenvalue weighted by atomic mass is 19.2. The molecule has 3 aromatic rings. The zero-order chi connectivity index (χ0) is 30.9. The van der Waals surface area contributed by atoms with Gasteiger partial charge in [-0.2, -0.15) is 4.39 Å². The quantitative estimate of drug-likeness (QED) is 0.177. The Morgan fingerprint density at radius 3 is 2.05 bits per heavy atom. The van der Waals surface area contributed by atoms with E-state index in [0.29, 0.717) is 24.2 Å². The molecule has 44 heavy (non-hydrogen) atoms. The van der Waals surface area contributed by atoms with E-state index in [1.165, 1.54) is 76.3 Å². The molecule has 0 heterocycles. The minimum Gasteiger partial charge on any atom is -0.490 e. The second-order valence-corrected chi connectivity index (χ2v) is 13.1. The molecule has 3 aromatic carbocycles. The summed E-state index contributed by atoms with van der Waals surface area (Å²) < 4.78 is 50.0. The van der Waals surface area contributed by atoms with Crippen molar-refractivity contribution in [3.05, 3.63) is 83.7 Å². The third-order valence-electron chi connectivity index (χ3n) is 10.1. The number of allylic oxidation sites excluding steroid dienone is 2. The summed E-state index contributed by atoms with van der Waals surface area (Å²) in [6, 6.07) is 15.6. The van der Waals surface area contributed by atoms with Gasteiger partial charge in [-0.25, -0.2) is 8.78 Å². The number of rotatable bonds is 13. The van der Waals surface area contributed by atoms with Crippen molar-refractivity contribution in [2.24, 2.45) is 17.8 Å². The molecule has 1 fully saturated rings. The van der Waals surface area contributed by atoms with Crippen LogP contribution < -0.4 is 4.74 Å². The summed E-state index contributed by atoms with van der Waals surface area (Å²) in [4.78, 5) is 0. The first-order valence-electron chi connectivity index (χ1n) is 17.2. The van der Waals surface area contributed by atoms with Gasteiger partial charge in [-0.05, 0) is 96.7 Å². The van der Waals surface area contributed by atoms with Gasteiger partial charge in [0.2, 0.25) is 5.82 Å². The van der Waals surface area contributed by atoms with Crippen molar-refractivity contribution >= 4 is 5.57 Å². The average molecular weight is 603 g/mol. The van der Waals surface area contributed by atoms with Crippen LogP contribution in [0.4, 0.5) is 13.2 Å². The standard InChI is InChI=1S/C40H49F3O/c1-3-5-6-7-8-9-28-10-12-29(13-11-28)30-14-18-32(19-15-30)35-23-22-34(27-37(35)41)31-16-20-33(21-17-31)36-24-25-38(44-26-4-2)40(43)39(36)42/h16-18,20-25,27-30H,3-15,19,26H2,1-2H3. The van der Waals surface area contributed by atoms with E-state index in [1.807, 2.05) is 31.2 Å². The van der Waals surface area contributed by atoms with E-state index in [9.17, 15) is 8.78 Å². The van der Waals surface area contributed by atoms with Crippen LogP contribution in [0, 0.1) is 35.2 Å². The lowest BCUT2D eigenvalue weighted by Gasteiger charge is -2.35. The van der Waals surface area contributed by atoms with Crippen LogP contribution in [0.15, 0.2) is 60.7 Å². The smallest absolute Gasteiger partial charge is 0.201 e. The molecule has 2 aliphatic rings. The minimum absolute atomic E-state index is 0.0742. The molecule has 1 nitrogen and oxygen atoms in total. The number of unbranched alkanes of at least 4 members (excludes halogenated alkanes) is 4. The third kappa shape index (κ3) is 7.98. The van der Waals surface area contributed by atoms with Gasteiger partial charge in [-0.1, -0.05) is 108 Å². The van der Waals surface area contributed by atoms with Crippen molar-refractivity contribution in [3.8, 4) is 28.0 Å². The number of ether oxygens (including phenoxy) is 1. The molecule has 0 bridgehead atoms. The number of halogens is 3. The Hall–Kier alpha value is -3.01. The van der Waals surface area contributed by atoms with E-state index in [4.69, 9.17) is 4.74 Å². The van der Waals surface area contributed by atoms with Crippen LogP contribution in [-0.2, 0) is 0 Å². The fourth-order valence-electron chi connectivity index (χ4n) is 7.39. The lowest BCUT2D eigenvalue weighted by molar-refractivity contribution is 0.187. The SMILES string of the molecule is CCCCCCCC1CCC(C2CC=C(c3ccc(-c4ccc(-c5ccc(OCCC)c(F)c5F)cc4)cc3F)CC2)CC1. The lowest BCUT2D eigenvalue weighted by atomic mass is 9.70. The predicted molar refractivity (Wildman–Crippen MR) is 177 cm³/mol. The molecule has 236 valence electrons. The van der Waals surface area contributed by atoms with Gasteiger partial charge < -0.3 is 4.74 Å². The molecule has 2 aliphatic carbocycles. The molecule has 0 aliphatic heterocycles. The van der Waals surface area contributed by atoms with Crippen LogP contribution in [0.3, 0.4) is 0 Å². The van der Waals surface area contributed by atoms with Crippen molar-refractivity contribution in [1.82, 2.24) is 0 Å². The maximum atomic E-state index is 15.4. The van der Waals surface area contributed by atoms with Gasteiger partial charge in [0.05, 0.1) is 6.61 Å². The molecular weight excluding hydrogens is 553 g/mol. The largest absolute Gasteiger partial charge is 0.490 e. The summed E-state index contributed by atoms with van der Waals surface area (Å²) in [5.41, 5.74) is 4.17. The van der Waals surface area contributed by atoms with Gasteiger partial charge in [0, 0.05) is 11.1 Å². The monoisotopic (exact) mass is 602 g/mol. The maximum Gasteiger partial charge on any atom is 0.201 e. The Morgan fingerprint density at radius 1 is 0.659 bits per heavy atom. The van der Waals surface area contributed by atoms with Crippen molar-refractivity contribution in [3.63, 3.8) is 0 Å². The molecule has 0 amide bonds. The molecule has 1 unspecified atom stereocenters. The Balaban J connectivity index is 1.16. The van der Waals surface area contributed by atoms with E-state index >= 15 is 4.39 Å². The summed E-state index contributed by atoms with van der Waals surface area (Å²) in [7, 11) is 0. The minimum atomic E-state index is -0.975. The Bertz CT molecular complexity index is 1380. The fraction of sp³-hybridized carbons (Fsp3) is 0.500. The van der Waals surface area contributed by atoms with Gasteiger partial charge in [-0.3, -0.25) is 0 Å². The van der Waals surface area contributed by atoms with Crippen LogP contribution in [-0.4, -0.2) is 6.61 Å². The molecule has 1 atom stereocenters. The van der Waals surface area contributed by atoms with Crippen molar-refractivity contribution < 1.29 is 17.9 Å². The number of benzene rings is 3. The Labute approximate surface area is 262 Å². The normalized spacial score (nSPS) is 20.4. The summed E-state index contributed by atoms with van der Waals surface area (Å²) >= 11 is 0. The molecular formula is C40H49F3O. The van der Waals surface area contributed by atoms with Crippen molar-refractivity contribution in [2.75, 3.05) is 6.61 Å². The molecule has 0 saturated heterocycles. The van der Waals surface area contributed by atoms with Gasteiger partial charge >= 0.3 is 0 Å². The van der Waals surface area contributed by atoms with Gasteiger partial charge in [0.15, 0.2) is 11.6 Å². The fourth-order valence-corrected chi connectivity index (χ4v) is 7.39. The van der Waals surface area contributed by atoms with E-state index in [0.717, 1.165) is 53.7 Å². The third-order valence-corrected chi connectivity index (χ3v) is 10.1. The van der Waals surface area contributed by atoms with Crippen LogP contribution in [0.1, 0.15) is 109 Å². The van der Waals surface area contributed by atoms with Crippen LogP contribution in [0.2, 0.25) is 0 Å². The van der Waals surface area contributed by atoms with Crippen molar-refractivity contribution in [2.45, 2.75) is 104 Å². The molecule has 5 rings (SSSR count). The number of hydrogen-bond acceptors (Lipinski definition) is 1. The summed E-state index contributed by atoms with van der Waals surface area (Å²) in [6.07, 6.45) is 20.0. The summed E-state index contributed by atoms with van der Waals surface area (Å²) in [5.74, 6) is 0.330. The predicted octanol–water partition coefficient (Wildman–Crippen LogP) is 12.6. The average Bonchev–Trinajstić information content (AvgIpc) is 3.06. The molecule has 1 saturated carbocycles. The Morgan fingerprint density at radius 2 is 1.36 bits per heavy atom. The lowest BCUT2D eigenvalue weighted by Crippen LogP contribution is -2.23. The van der Waals surface area contributed by atoms with Crippen LogP contribution in [0.5, 0.6) is 5.75 Å². The first kappa shape index (κ1) is 32.4. The number of hydrogen-bond donors (Lipinski definition) is 0. The summed E-state index contributed by atoms with van der Waals surface area (Å²) in [6.45, 7) is 4.52. The van der Waals surface area contributed by atoms with Crippen LogP contribution in [0.25, 0.3) is 27.8 Å².